The summed E-state index contributed by atoms with van der Waals surface area (Å²) in [5.74, 6) is 0.551. The summed E-state index contributed by atoms with van der Waals surface area (Å²) in [6.45, 7) is 0.241. The molecule has 0 radical (unpaired) electrons. The van der Waals surface area contributed by atoms with Gasteiger partial charge >= 0.3 is 5.97 Å². The Morgan fingerprint density at radius 1 is 1.00 bits per heavy atom. The van der Waals surface area contributed by atoms with Crippen LogP contribution in [0.25, 0.3) is 0 Å². The van der Waals surface area contributed by atoms with E-state index in [1.165, 1.54) is 6.07 Å². The summed E-state index contributed by atoms with van der Waals surface area (Å²) < 4.78 is 16.0. The van der Waals surface area contributed by atoms with Crippen LogP contribution in [0.1, 0.15) is 15.9 Å². The zero-order chi connectivity index (χ0) is 15.2. The Balaban J connectivity index is 2.15. The molecule has 0 aliphatic rings. The molecule has 1 N–H and O–H groups in total. The molecule has 0 heterocycles. The van der Waals surface area contributed by atoms with Crippen molar-refractivity contribution in [2.75, 3.05) is 14.2 Å². The van der Waals surface area contributed by atoms with E-state index >= 15 is 0 Å². The number of carboxylic acid groups (broad SMARTS) is 1. The first kappa shape index (κ1) is 14.7. The summed E-state index contributed by atoms with van der Waals surface area (Å²) in [5, 5.41) is 9.10. The van der Waals surface area contributed by atoms with Crippen molar-refractivity contribution in [3.8, 4) is 17.2 Å². The smallest absolute Gasteiger partial charge is 0.339 e. The van der Waals surface area contributed by atoms with Crippen LogP contribution in [0.5, 0.6) is 17.2 Å². The Kier molecular flexibility index (Phi) is 4.66. The summed E-state index contributed by atoms with van der Waals surface area (Å²) in [4.78, 5) is 11.1. The molecule has 2 rings (SSSR count). The number of hydrogen-bond acceptors (Lipinski definition) is 4. The van der Waals surface area contributed by atoms with Gasteiger partial charge in [0.25, 0.3) is 0 Å². The lowest BCUT2D eigenvalue weighted by Gasteiger charge is -2.11. The normalized spacial score (nSPS) is 10.0. The summed E-state index contributed by atoms with van der Waals surface area (Å²) in [7, 11) is 3.12. The van der Waals surface area contributed by atoms with Crippen LogP contribution in [-0.2, 0) is 6.61 Å². The van der Waals surface area contributed by atoms with Crippen LogP contribution in [0.2, 0.25) is 0 Å². The van der Waals surface area contributed by atoms with Gasteiger partial charge in [0.1, 0.15) is 17.9 Å². The van der Waals surface area contributed by atoms with E-state index < -0.39 is 5.97 Å². The third kappa shape index (κ3) is 3.45. The Labute approximate surface area is 122 Å². The third-order valence-corrected chi connectivity index (χ3v) is 2.96. The van der Waals surface area contributed by atoms with Gasteiger partial charge in [-0.25, -0.2) is 4.79 Å². The second kappa shape index (κ2) is 6.65. The number of carbonyl (C=O) groups is 1. The lowest BCUT2D eigenvalue weighted by molar-refractivity contribution is 0.0691. The van der Waals surface area contributed by atoms with Gasteiger partial charge in [0.05, 0.1) is 14.2 Å². The monoisotopic (exact) mass is 288 g/mol. The van der Waals surface area contributed by atoms with Crippen LogP contribution in [0, 0.1) is 0 Å². The topological polar surface area (TPSA) is 65.0 Å². The Morgan fingerprint density at radius 3 is 2.38 bits per heavy atom. The molecule has 0 aliphatic heterocycles. The molecule has 21 heavy (non-hydrogen) atoms. The first-order valence-electron chi connectivity index (χ1n) is 6.31. The van der Waals surface area contributed by atoms with Crippen LogP contribution >= 0.6 is 0 Å². The Morgan fingerprint density at radius 2 is 1.71 bits per heavy atom. The van der Waals surface area contributed by atoms with Gasteiger partial charge < -0.3 is 19.3 Å². The van der Waals surface area contributed by atoms with Gasteiger partial charge in [-0.15, -0.1) is 0 Å². The number of rotatable bonds is 6. The number of para-hydroxylation sites is 1. The van der Waals surface area contributed by atoms with E-state index in [-0.39, 0.29) is 12.2 Å². The van der Waals surface area contributed by atoms with Gasteiger partial charge in [0, 0.05) is 0 Å². The molecule has 5 nitrogen and oxygen atoms in total. The van der Waals surface area contributed by atoms with E-state index in [0.717, 1.165) is 5.56 Å². The number of methoxy groups -OCH3 is 2. The molecule has 0 fully saturated rings. The van der Waals surface area contributed by atoms with Crippen molar-refractivity contribution < 1.29 is 24.1 Å². The summed E-state index contributed by atoms with van der Waals surface area (Å²) in [6.07, 6.45) is 0. The van der Waals surface area contributed by atoms with Crippen LogP contribution in [0.3, 0.4) is 0 Å². The van der Waals surface area contributed by atoms with Gasteiger partial charge in [-0.05, 0) is 29.8 Å². The maximum atomic E-state index is 11.1. The molecule has 0 aliphatic carbocycles. The highest BCUT2D eigenvalue weighted by Gasteiger charge is 2.11. The van der Waals surface area contributed by atoms with Gasteiger partial charge in [-0.1, -0.05) is 18.2 Å². The average molecular weight is 288 g/mol. The van der Waals surface area contributed by atoms with Crippen LogP contribution in [0.15, 0.2) is 42.5 Å². The van der Waals surface area contributed by atoms with Gasteiger partial charge in [-0.2, -0.15) is 0 Å². The zero-order valence-electron chi connectivity index (χ0n) is 11.8. The molecular weight excluding hydrogens is 272 g/mol. The second-order valence-electron chi connectivity index (χ2n) is 4.28. The summed E-state index contributed by atoms with van der Waals surface area (Å²) >= 11 is 0. The van der Waals surface area contributed by atoms with Crippen molar-refractivity contribution in [2.24, 2.45) is 0 Å². The first-order valence-corrected chi connectivity index (χ1v) is 6.31. The van der Waals surface area contributed by atoms with Crippen molar-refractivity contribution in [3.63, 3.8) is 0 Å². The summed E-state index contributed by atoms with van der Waals surface area (Å²) in [5.41, 5.74) is 0.991. The lowest BCUT2D eigenvalue weighted by atomic mass is 10.2. The molecule has 2 aromatic carbocycles. The molecule has 0 atom stereocenters. The van der Waals surface area contributed by atoms with E-state index in [2.05, 4.69) is 0 Å². The molecule has 0 bridgehead atoms. The number of carboxylic acids is 1. The van der Waals surface area contributed by atoms with E-state index in [1.807, 2.05) is 6.07 Å². The molecule has 0 amide bonds. The fourth-order valence-electron chi connectivity index (χ4n) is 1.90. The highest BCUT2D eigenvalue weighted by Crippen LogP contribution is 2.28. The second-order valence-corrected chi connectivity index (χ2v) is 4.28. The molecule has 0 saturated carbocycles. The van der Waals surface area contributed by atoms with Crippen molar-refractivity contribution >= 4 is 5.97 Å². The lowest BCUT2D eigenvalue weighted by Crippen LogP contribution is -2.03. The molecule has 2 aromatic rings. The van der Waals surface area contributed by atoms with Gasteiger partial charge in [-0.3, -0.25) is 0 Å². The largest absolute Gasteiger partial charge is 0.493 e. The molecular formula is C16H16O5. The minimum absolute atomic E-state index is 0.137. The van der Waals surface area contributed by atoms with E-state index in [9.17, 15) is 4.79 Å². The molecule has 5 heteroatoms. The molecule has 0 unspecified atom stereocenters. The number of benzene rings is 2. The van der Waals surface area contributed by atoms with Crippen molar-refractivity contribution in [1.82, 2.24) is 0 Å². The third-order valence-electron chi connectivity index (χ3n) is 2.96. The predicted molar refractivity (Wildman–Crippen MR) is 77.3 cm³/mol. The quantitative estimate of drug-likeness (QED) is 0.885. The number of ether oxygens (including phenoxy) is 3. The highest BCUT2D eigenvalue weighted by atomic mass is 16.5. The SMILES string of the molecule is COc1ccc(COc2ccccc2C(=O)O)cc1OC. The van der Waals surface area contributed by atoms with Crippen molar-refractivity contribution in [1.29, 1.82) is 0 Å². The van der Waals surface area contributed by atoms with Crippen LogP contribution < -0.4 is 14.2 Å². The van der Waals surface area contributed by atoms with Crippen LogP contribution in [-0.4, -0.2) is 25.3 Å². The standard InChI is InChI=1S/C16H16O5/c1-19-14-8-7-11(9-15(14)20-2)10-21-13-6-4-3-5-12(13)16(17)18/h3-9H,10H2,1-2H3,(H,17,18). The molecule has 0 aromatic heterocycles. The van der Waals surface area contributed by atoms with Crippen molar-refractivity contribution in [2.45, 2.75) is 6.61 Å². The predicted octanol–water partition coefficient (Wildman–Crippen LogP) is 2.98. The maximum Gasteiger partial charge on any atom is 0.339 e. The number of hydrogen-bond donors (Lipinski definition) is 1. The van der Waals surface area contributed by atoms with Crippen LogP contribution in [0.4, 0.5) is 0 Å². The fourth-order valence-corrected chi connectivity index (χ4v) is 1.90. The minimum Gasteiger partial charge on any atom is -0.493 e. The van der Waals surface area contributed by atoms with E-state index in [0.29, 0.717) is 17.2 Å². The maximum absolute atomic E-state index is 11.1. The van der Waals surface area contributed by atoms with Crippen molar-refractivity contribution in [3.05, 3.63) is 53.6 Å². The highest BCUT2D eigenvalue weighted by molar-refractivity contribution is 5.90. The zero-order valence-corrected chi connectivity index (χ0v) is 11.8. The first-order chi connectivity index (χ1) is 10.2. The van der Waals surface area contributed by atoms with E-state index in [1.54, 1.807) is 44.6 Å². The van der Waals surface area contributed by atoms with Gasteiger partial charge in [0.2, 0.25) is 0 Å². The molecule has 110 valence electrons. The molecule has 0 spiro atoms. The number of aromatic carboxylic acids is 1. The van der Waals surface area contributed by atoms with Gasteiger partial charge in [0.15, 0.2) is 11.5 Å². The van der Waals surface area contributed by atoms with E-state index in [4.69, 9.17) is 19.3 Å². The fraction of sp³-hybridized carbons (Fsp3) is 0.188. The molecule has 0 saturated heterocycles. The Bertz CT molecular complexity index is 636. The summed E-state index contributed by atoms with van der Waals surface area (Å²) in [6, 6.07) is 11.9. The minimum atomic E-state index is -1.02. The Hall–Kier alpha value is -2.69. The average Bonchev–Trinajstić information content (AvgIpc) is 2.52.